The molecule has 0 unspecified atom stereocenters. The van der Waals surface area contributed by atoms with E-state index in [0.29, 0.717) is 12.1 Å². The molecule has 27 heavy (non-hydrogen) atoms. The topological polar surface area (TPSA) is 60.5 Å². The van der Waals surface area contributed by atoms with Crippen molar-refractivity contribution in [2.24, 2.45) is 0 Å². The third-order valence-corrected chi connectivity index (χ3v) is 6.28. The van der Waals surface area contributed by atoms with Crippen molar-refractivity contribution in [1.82, 2.24) is 10.3 Å². The van der Waals surface area contributed by atoms with Crippen LogP contribution in [0.5, 0.6) is 11.5 Å². The number of aromatic nitrogens is 1. The van der Waals surface area contributed by atoms with Crippen molar-refractivity contribution < 1.29 is 14.3 Å². The number of carbonyl (C=O) groups excluding carboxylic acids is 1. The highest BCUT2D eigenvalue weighted by atomic mass is 32.2. The second-order valence-electron chi connectivity index (χ2n) is 6.11. The maximum Gasteiger partial charge on any atom is 0.251 e. The van der Waals surface area contributed by atoms with Crippen LogP contribution >= 0.6 is 23.1 Å². The summed E-state index contributed by atoms with van der Waals surface area (Å²) in [5, 5.41) is 4.99. The molecule has 0 aliphatic carbocycles. The highest BCUT2D eigenvalue weighted by molar-refractivity contribution is 8.00. The monoisotopic (exact) mass is 398 g/mol. The van der Waals surface area contributed by atoms with Crippen molar-refractivity contribution in [3.63, 3.8) is 0 Å². The molecule has 2 heterocycles. The molecular weight excluding hydrogens is 380 g/mol. The van der Waals surface area contributed by atoms with Gasteiger partial charge in [-0.3, -0.25) is 4.79 Å². The normalized spacial score (nSPS) is 12.2. The van der Waals surface area contributed by atoms with Crippen molar-refractivity contribution >= 4 is 29.0 Å². The third-order valence-electron chi connectivity index (χ3n) is 4.07. The first-order chi connectivity index (χ1) is 13.2. The number of thiazole rings is 1. The Bertz CT molecular complexity index is 954. The highest BCUT2D eigenvalue weighted by Crippen LogP contribution is 2.32. The Morgan fingerprint density at radius 2 is 1.93 bits per heavy atom. The zero-order valence-electron chi connectivity index (χ0n) is 14.7. The average molecular weight is 399 g/mol. The first-order valence-corrected chi connectivity index (χ1v) is 10.3. The fourth-order valence-corrected chi connectivity index (χ4v) is 4.44. The van der Waals surface area contributed by atoms with E-state index in [2.05, 4.69) is 15.7 Å². The van der Waals surface area contributed by atoms with Gasteiger partial charge in [0.1, 0.15) is 4.34 Å². The number of amides is 1. The van der Waals surface area contributed by atoms with Crippen LogP contribution in [0.1, 0.15) is 27.2 Å². The van der Waals surface area contributed by atoms with Crippen LogP contribution in [-0.4, -0.2) is 17.7 Å². The molecule has 3 aromatic rings. The molecule has 5 nitrogen and oxygen atoms in total. The zero-order chi connectivity index (χ0) is 18.6. The van der Waals surface area contributed by atoms with Crippen LogP contribution < -0.4 is 14.8 Å². The number of aryl methyl sites for hydroxylation is 1. The molecule has 0 atom stereocenters. The van der Waals surface area contributed by atoms with Gasteiger partial charge < -0.3 is 14.8 Å². The number of thioether (sulfide) groups is 1. The van der Waals surface area contributed by atoms with E-state index in [1.54, 1.807) is 23.1 Å². The lowest BCUT2D eigenvalue weighted by Gasteiger charge is -2.07. The summed E-state index contributed by atoms with van der Waals surface area (Å²) in [4.78, 5) is 16.8. The van der Waals surface area contributed by atoms with Crippen LogP contribution in [0.3, 0.4) is 0 Å². The number of benzene rings is 2. The Kier molecular flexibility index (Phi) is 5.31. The molecule has 0 fully saturated rings. The van der Waals surface area contributed by atoms with Crippen molar-refractivity contribution in [3.05, 3.63) is 70.2 Å². The van der Waals surface area contributed by atoms with E-state index in [4.69, 9.17) is 9.47 Å². The molecule has 4 rings (SSSR count). The van der Waals surface area contributed by atoms with E-state index >= 15 is 0 Å². The number of rotatable bonds is 6. The molecule has 0 bridgehead atoms. The van der Waals surface area contributed by atoms with Crippen LogP contribution in [-0.2, 0) is 12.3 Å². The molecule has 1 aliphatic rings. The van der Waals surface area contributed by atoms with Gasteiger partial charge in [0.2, 0.25) is 6.79 Å². The largest absolute Gasteiger partial charge is 0.454 e. The van der Waals surface area contributed by atoms with E-state index in [1.165, 1.54) is 5.56 Å². The van der Waals surface area contributed by atoms with E-state index in [-0.39, 0.29) is 12.7 Å². The number of hydrogen-bond acceptors (Lipinski definition) is 6. The van der Waals surface area contributed by atoms with Gasteiger partial charge in [-0.25, -0.2) is 4.98 Å². The summed E-state index contributed by atoms with van der Waals surface area (Å²) in [5.74, 6) is 2.21. The second-order valence-corrected chi connectivity index (χ2v) is 8.19. The molecule has 0 saturated heterocycles. The van der Waals surface area contributed by atoms with Crippen LogP contribution in [0.4, 0.5) is 0 Å². The van der Waals surface area contributed by atoms with Gasteiger partial charge in [0.15, 0.2) is 11.5 Å². The Hall–Kier alpha value is -2.51. The molecule has 2 aromatic carbocycles. The molecular formula is C20H18N2O3S2. The number of nitrogens with one attached hydrogen (secondary N) is 1. The number of fused-ring (bicyclic) bond motifs is 1. The summed E-state index contributed by atoms with van der Waals surface area (Å²) in [6, 6.07) is 13.4. The summed E-state index contributed by atoms with van der Waals surface area (Å²) in [5.41, 5.74) is 3.84. The standard InChI is InChI=1S/C20H18N2O3S2/c1-13-10-26-20(22-13)27-11-14-2-5-16(6-3-14)19(23)21-9-15-4-7-17-18(8-15)25-12-24-17/h2-8,10H,9,11-12H2,1H3,(H,21,23). The van der Waals surface area contributed by atoms with Gasteiger partial charge in [0.05, 0.1) is 0 Å². The van der Waals surface area contributed by atoms with Gasteiger partial charge in [0, 0.05) is 28.9 Å². The molecule has 138 valence electrons. The van der Waals surface area contributed by atoms with Gasteiger partial charge in [-0.2, -0.15) is 0 Å². The zero-order valence-corrected chi connectivity index (χ0v) is 16.4. The minimum absolute atomic E-state index is 0.0950. The van der Waals surface area contributed by atoms with E-state index in [9.17, 15) is 4.79 Å². The first kappa shape index (κ1) is 17.9. The minimum atomic E-state index is -0.0950. The molecule has 1 aromatic heterocycles. The smallest absolute Gasteiger partial charge is 0.251 e. The summed E-state index contributed by atoms with van der Waals surface area (Å²) in [6.07, 6.45) is 0. The van der Waals surface area contributed by atoms with Gasteiger partial charge in [0.25, 0.3) is 5.91 Å². The number of carbonyl (C=O) groups is 1. The number of hydrogen-bond donors (Lipinski definition) is 1. The first-order valence-electron chi connectivity index (χ1n) is 8.48. The number of nitrogens with zero attached hydrogens (tertiary/aromatic N) is 1. The van der Waals surface area contributed by atoms with E-state index in [1.807, 2.05) is 49.4 Å². The van der Waals surface area contributed by atoms with Crippen molar-refractivity contribution in [3.8, 4) is 11.5 Å². The van der Waals surface area contributed by atoms with Gasteiger partial charge in [-0.15, -0.1) is 11.3 Å². The lowest BCUT2D eigenvalue weighted by molar-refractivity contribution is 0.0951. The third kappa shape index (κ3) is 4.43. The van der Waals surface area contributed by atoms with E-state index in [0.717, 1.165) is 32.8 Å². The van der Waals surface area contributed by atoms with Crippen LogP contribution in [0.15, 0.2) is 52.2 Å². The minimum Gasteiger partial charge on any atom is -0.454 e. The van der Waals surface area contributed by atoms with Gasteiger partial charge in [-0.05, 0) is 42.3 Å². The fraction of sp³-hybridized carbons (Fsp3) is 0.200. The lowest BCUT2D eigenvalue weighted by Crippen LogP contribution is -2.22. The number of ether oxygens (including phenoxy) is 2. The molecule has 0 spiro atoms. The molecule has 1 N–H and O–H groups in total. The van der Waals surface area contributed by atoms with Gasteiger partial charge >= 0.3 is 0 Å². The highest BCUT2D eigenvalue weighted by Gasteiger charge is 2.13. The van der Waals surface area contributed by atoms with Crippen LogP contribution in [0.2, 0.25) is 0 Å². The van der Waals surface area contributed by atoms with Crippen molar-refractivity contribution in [1.29, 1.82) is 0 Å². The molecule has 1 aliphatic heterocycles. The maximum absolute atomic E-state index is 12.4. The summed E-state index contributed by atoms with van der Waals surface area (Å²) in [6.45, 7) is 2.69. The van der Waals surface area contributed by atoms with Gasteiger partial charge in [-0.1, -0.05) is 30.0 Å². The maximum atomic E-state index is 12.4. The quantitative estimate of drug-likeness (QED) is 0.624. The molecule has 1 amide bonds. The van der Waals surface area contributed by atoms with Crippen molar-refractivity contribution in [2.75, 3.05) is 6.79 Å². The second kappa shape index (κ2) is 8.02. The van der Waals surface area contributed by atoms with Crippen LogP contribution in [0, 0.1) is 6.92 Å². The van der Waals surface area contributed by atoms with Crippen molar-refractivity contribution in [2.45, 2.75) is 23.6 Å². The predicted molar refractivity (Wildman–Crippen MR) is 107 cm³/mol. The fourth-order valence-electron chi connectivity index (χ4n) is 2.63. The molecule has 0 radical (unpaired) electrons. The summed E-state index contributed by atoms with van der Waals surface area (Å²) < 4.78 is 11.7. The Labute approximate surface area is 165 Å². The SMILES string of the molecule is Cc1csc(SCc2ccc(C(=O)NCc3ccc4c(c3)OCO4)cc2)n1. The lowest BCUT2D eigenvalue weighted by atomic mass is 10.1. The predicted octanol–water partition coefficient (Wildman–Crippen LogP) is 4.40. The Balaban J connectivity index is 1.31. The summed E-state index contributed by atoms with van der Waals surface area (Å²) in [7, 11) is 0. The molecule has 0 saturated carbocycles. The molecule has 7 heteroatoms. The Morgan fingerprint density at radius 1 is 1.15 bits per heavy atom. The summed E-state index contributed by atoms with van der Waals surface area (Å²) >= 11 is 3.37. The Morgan fingerprint density at radius 3 is 2.70 bits per heavy atom. The van der Waals surface area contributed by atoms with E-state index < -0.39 is 0 Å². The van der Waals surface area contributed by atoms with Crippen LogP contribution in [0.25, 0.3) is 0 Å². The average Bonchev–Trinajstić information content (AvgIpc) is 3.33.